The summed E-state index contributed by atoms with van der Waals surface area (Å²) in [6.07, 6.45) is 9.64. The molecular formula is C53H59N11O7. The largest absolute Gasteiger partial charge is 0.489 e. The van der Waals surface area contributed by atoms with Crippen LogP contribution in [0.25, 0.3) is 11.1 Å². The first-order valence-corrected chi connectivity index (χ1v) is 25.0. The third-order valence-corrected chi connectivity index (χ3v) is 16.1. The molecule has 6 aliphatic heterocycles. The van der Waals surface area contributed by atoms with Gasteiger partial charge in [-0.3, -0.25) is 39.1 Å². The molecule has 1 aromatic carbocycles. The Kier molecular flexibility index (Phi) is 10.8. The minimum atomic E-state index is -0.655. The number of carbonyl (C=O) groups excluding carboxylic acids is 4. The Bertz CT molecular complexity index is 3110. The van der Waals surface area contributed by atoms with Crippen LogP contribution in [0.2, 0.25) is 0 Å². The van der Waals surface area contributed by atoms with Crippen LogP contribution in [0, 0.1) is 5.41 Å². The van der Waals surface area contributed by atoms with Gasteiger partial charge in [0.15, 0.2) is 0 Å². The summed E-state index contributed by atoms with van der Waals surface area (Å²) < 4.78 is 10.0. The molecule has 4 atom stereocenters. The average molecular weight is 962 g/mol. The van der Waals surface area contributed by atoms with Crippen molar-refractivity contribution in [2.24, 2.45) is 12.5 Å². The zero-order valence-electron chi connectivity index (χ0n) is 40.6. The molecule has 0 bridgehead atoms. The minimum Gasteiger partial charge on any atom is -0.489 e. The predicted octanol–water partition coefficient (Wildman–Crippen LogP) is 4.37. The molecule has 0 radical (unpaired) electrons. The Balaban J connectivity index is 0.690. The first kappa shape index (κ1) is 45.1. The maximum absolute atomic E-state index is 14.0. The van der Waals surface area contributed by atoms with Crippen molar-refractivity contribution in [1.82, 2.24) is 34.2 Å². The summed E-state index contributed by atoms with van der Waals surface area (Å²) in [4.78, 5) is 85.6. The summed E-state index contributed by atoms with van der Waals surface area (Å²) in [7, 11) is 1.69. The van der Waals surface area contributed by atoms with E-state index in [1.807, 2.05) is 36.5 Å². The summed E-state index contributed by atoms with van der Waals surface area (Å²) in [6.45, 7) is 11.9. The molecule has 3 fully saturated rings. The normalized spacial score (nSPS) is 23.7. The van der Waals surface area contributed by atoms with Crippen molar-refractivity contribution in [3.8, 4) is 16.9 Å². The highest BCUT2D eigenvalue weighted by molar-refractivity contribution is 6.07. The molecule has 7 aliphatic rings. The number of rotatable bonds is 8. The molecule has 0 spiro atoms. The molecule has 3 saturated heterocycles. The van der Waals surface area contributed by atoms with Gasteiger partial charge < -0.3 is 39.0 Å². The summed E-state index contributed by atoms with van der Waals surface area (Å²) in [5.41, 5.74) is 8.75. The molecule has 71 heavy (non-hydrogen) atoms. The number of piperazine rings is 1. The summed E-state index contributed by atoms with van der Waals surface area (Å²) >= 11 is 0. The third kappa shape index (κ3) is 7.73. The van der Waals surface area contributed by atoms with Gasteiger partial charge in [0.05, 0.1) is 30.2 Å². The second kappa shape index (κ2) is 17.1. The van der Waals surface area contributed by atoms with Gasteiger partial charge >= 0.3 is 0 Å². The van der Waals surface area contributed by atoms with E-state index in [1.165, 1.54) is 15.8 Å². The van der Waals surface area contributed by atoms with Gasteiger partial charge in [0.1, 0.15) is 41.4 Å². The number of aliphatic hydroxyl groups excluding tert-OH is 1. The number of ether oxygens (including phenoxy) is 1. The lowest BCUT2D eigenvalue weighted by molar-refractivity contribution is -0.136. The Morgan fingerprint density at radius 2 is 1.73 bits per heavy atom. The van der Waals surface area contributed by atoms with E-state index in [0.717, 1.165) is 68.8 Å². The molecule has 5 aromatic rings. The molecule has 18 heteroatoms. The van der Waals surface area contributed by atoms with Gasteiger partial charge in [0.25, 0.3) is 17.4 Å². The second-order valence-corrected chi connectivity index (χ2v) is 21.3. The highest BCUT2D eigenvalue weighted by Gasteiger charge is 2.43. The molecule has 10 heterocycles. The monoisotopic (exact) mass is 961 g/mol. The maximum atomic E-state index is 14.0. The van der Waals surface area contributed by atoms with Gasteiger partial charge in [0, 0.05) is 106 Å². The van der Waals surface area contributed by atoms with Gasteiger partial charge in [-0.2, -0.15) is 0 Å². The standard InChI is InChI=1S/C53H59N11O7/c1-30-25-59(34-10-12-61-36(20-34)29-71-45-21-38-33(19-42(45)61)27-64(50(38)68)41-6-8-47(66)57-49(41)67)13-14-60(30)35-5-7-46(55-24-35)56-40-17-32(26-58(4)51(40)69)37-9-11-54-48(39(37)28-65)63-16-15-62-43(52(63)70)18-31-22-53(2,3)23-44(31)62/h5,7,9,11,17-19,21,24,26,30,34,36,41,65H,6,8,10,12-16,20,22-23,25,27-29H2,1-4H3,(H,55,56)(H,57,66,67)/t30-,34+,36-,41?/m0/s1. The van der Waals surface area contributed by atoms with E-state index in [0.29, 0.717) is 89.7 Å². The number of carbonyl (C=O) groups is 4. The van der Waals surface area contributed by atoms with Crippen molar-refractivity contribution < 1.29 is 29.0 Å². The number of fused-ring (bicyclic) bond motifs is 7. The van der Waals surface area contributed by atoms with E-state index in [9.17, 15) is 29.1 Å². The van der Waals surface area contributed by atoms with E-state index in [2.05, 4.69) is 61.7 Å². The number of piperidine rings is 2. The highest BCUT2D eigenvalue weighted by atomic mass is 16.5. The van der Waals surface area contributed by atoms with Crippen LogP contribution >= 0.6 is 0 Å². The Hall–Kier alpha value is -7.05. The maximum Gasteiger partial charge on any atom is 0.276 e. The highest BCUT2D eigenvalue weighted by Crippen LogP contribution is 2.44. The topological polar surface area (TPSA) is 191 Å². The van der Waals surface area contributed by atoms with E-state index < -0.39 is 11.9 Å². The van der Waals surface area contributed by atoms with Crippen molar-refractivity contribution in [3.05, 3.63) is 105 Å². The quantitative estimate of drug-likeness (QED) is 0.186. The fraction of sp³-hybridized carbons (Fsp3) is 0.453. The fourth-order valence-electron chi connectivity index (χ4n) is 12.6. The molecule has 3 N–H and O–H groups in total. The van der Waals surface area contributed by atoms with Crippen LogP contribution in [0.4, 0.5) is 28.7 Å². The van der Waals surface area contributed by atoms with E-state index in [4.69, 9.17) is 9.72 Å². The van der Waals surface area contributed by atoms with Crippen LogP contribution in [0.5, 0.6) is 5.75 Å². The number of aryl methyl sites for hydroxylation is 1. The number of imide groups is 1. The van der Waals surface area contributed by atoms with Crippen LogP contribution < -0.4 is 35.6 Å². The summed E-state index contributed by atoms with van der Waals surface area (Å²) in [6, 6.07) is 13.6. The number of pyridine rings is 3. The summed E-state index contributed by atoms with van der Waals surface area (Å²) in [5, 5.41) is 16.5. The molecule has 368 valence electrons. The molecule has 4 amide bonds. The first-order chi connectivity index (χ1) is 34.2. The Labute approximate surface area is 411 Å². The molecule has 0 saturated carbocycles. The van der Waals surface area contributed by atoms with E-state index in [1.54, 1.807) is 35.3 Å². The van der Waals surface area contributed by atoms with Crippen LogP contribution in [0.1, 0.15) is 89.7 Å². The predicted molar refractivity (Wildman–Crippen MR) is 266 cm³/mol. The number of benzene rings is 1. The lowest BCUT2D eigenvalue weighted by Gasteiger charge is -2.50. The minimum absolute atomic E-state index is 0.131. The number of amides is 4. The zero-order valence-corrected chi connectivity index (χ0v) is 40.6. The van der Waals surface area contributed by atoms with Crippen LogP contribution in [0.3, 0.4) is 0 Å². The van der Waals surface area contributed by atoms with E-state index in [-0.39, 0.29) is 53.8 Å². The van der Waals surface area contributed by atoms with Gasteiger partial charge in [-0.1, -0.05) is 13.8 Å². The Morgan fingerprint density at radius 1 is 0.873 bits per heavy atom. The van der Waals surface area contributed by atoms with Gasteiger partial charge in [-0.15, -0.1) is 0 Å². The van der Waals surface area contributed by atoms with Crippen LogP contribution in [-0.4, -0.2) is 121 Å². The fourth-order valence-corrected chi connectivity index (χ4v) is 12.6. The third-order valence-electron chi connectivity index (χ3n) is 16.1. The summed E-state index contributed by atoms with van der Waals surface area (Å²) in [5.74, 6) is 0.608. The van der Waals surface area contributed by atoms with Crippen LogP contribution in [0.15, 0.2) is 65.8 Å². The lowest BCUT2D eigenvalue weighted by Crippen LogP contribution is -2.59. The van der Waals surface area contributed by atoms with Gasteiger partial charge in [-0.05, 0) is 104 Å². The lowest BCUT2D eigenvalue weighted by atomic mass is 9.90. The van der Waals surface area contributed by atoms with Crippen molar-refractivity contribution in [3.63, 3.8) is 0 Å². The van der Waals surface area contributed by atoms with Crippen molar-refractivity contribution in [2.75, 3.05) is 59.3 Å². The number of nitrogens with one attached hydrogen (secondary N) is 2. The molecule has 12 rings (SSSR count). The molecule has 4 aromatic heterocycles. The number of hydrogen-bond donors (Lipinski definition) is 3. The number of nitrogens with zero attached hydrogens (tertiary/aromatic N) is 9. The van der Waals surface area contributed by atoms with E-state index >= 15 is 0 Å². The number of hydrogen-bond acceptors (Lipinski definition) is 13. The second-order valence-electron chi connectivity index (χ2n) is 21.3. The molecular weight excluding hydrogens is 903 g/mol. The SMILES string of the molecule is C[C@H]1CN([C@@H]2CCN3c4cc5c(cc4OC[C@@H]3C2)C(=O)N(C2CCC(=O)NC2=O)C5)CCN1c1ccc(Nc2cc(-c3ccnc(N4CCn5c(cc6c5CC(C)(C)C6)C4=O)c3CO)cn(C)c2=O)nc1. The van der Waals surface area contributed by atoms with Crippen molar-refractivity contribution in [2.45, 2.75) is 103 Å². The van der Waals surface area contributed by atoms with Crippen molar-refractivity contribution in [1.29, 1.82) is 0 Å². The number of anilines is 5. The van der Waals surface area contributed by atoms with Gasteiger partial charge in [-0.25, -0.2) is 9.97 Å². The molecule has 1 aliphatic carbocycles. The van der Waals surface area contributed by atoms with Crippen LogP contribution in [-0.2, 0) is 49.2 Å². The smallest absolute Gasteiger partial charge is 0.276 e. The Morgan fingerprint density at radius 3 is 2.52 bits per heavy atom. The number of aliphatic hydroxyl groups is 1. The zero-order chi connectivity index (χ0) is 49.0. The average Bonchev–Trinajstić information content (AvgIpc) is 3.98. The van der Waals surface area contributed by atoms with Crippen molar-refractivity contribution >= 4 is 52.3 Å². The van der Waals surface area contributed by atoms with Gasteiger partial charge in [0.2, 0.25) is 11.8 Å². The first-order valence-electron chi connectivity index (χ1n) is 25.0. The number of aromatic nitrogens is 4. The molecule has 1 unspecified atom stereocenters. The molecule has 18 nitrogen and oxygen atoms in total.